The normalized spacial score (nSPS) is 20.2. The number of ether oxygens (including phenoxy) is 1. The van der Waals surface area contributed by atoms with Gasteiger partial charge >= 0.3 is 0 Å². The summed E-state index contributed by atoms with van der Waals surface area (Å²) in [6.07, 6.45) is 3.95. The first kappa shape index (κ1) is 15.5. The third-order valence-electron chi connectivity index (χ3n) is 4.10. The van der Waals surface area contributed by atoms with Crippen molar-refractivity contribution in [3.05, 3.63) is 35.4 Å². The van der Waals surface area contributed by atoms with Crippen molar-refractivity contribution >= 4 is 0 Å². The molecule has 2 rings (SSSR count). The zero-order chi connectivity index (χ0) is 14.2. The lowest BCUT2D eigenvalue weighted by atomic mass is 10.0. The van der Waals surface area contributed by atoms with Crippen molar-refractivity contribution in [2.45, 2.75) is 45.4 Å². The number of benzene rings is 1. The molecule has 1 atom stereocenters. The summed E-state index contributed by atoms with van der Waals surface area (Å²) in [7, 11) is 2.21. The van der Waals surface area contributed by atoms with Crippen LogP contribution >= 0.6 is 0 Å². The van der Waals surface area contributed by atoms with Crippen molar-refractivity contribution in [3.63, 3.8) is 0 Å². The average molecular weight is 276 g/mol. The lowest BCUT2D eigenvalue weighted by molar-refractivity contribution is 0.0444. The van der Waals surface area contributed by atoms with Gasteiger partial charge in [0.05, 0.1) is 13.2 Å². The molecule has 0 spiro atoms. The minimum Gasteiger partial charge on any atom is -0.375 e. The molecule has 0 aromatic heterocycles. The molecule has 1 saturated heterocycles. The van der Waals surface area contributed by atoms with Crippen LogP contribution in [0.25, 0.3) is 0 Å². The van der Waals surface area contributed by atoms with E-state index in [4.69, 9.17) is 4.74 Å². The number of nitrogens with one attached hydrogen (secondary N) is 1. The van der Waals surface area contributed by atoms with Gasteiger partial charge in [-0.15, -0.1) is 0 Å². The Labute approximate surface area is 123 Å². The van der Waals surface area contributed by atoms with Crippen LogP contribution in [-0.2, 0) is 17.9 Å². The maximum Gasteiger partial charge on any atom is 0.0717 e. The number of rotatable bonds is 7. The molecular formula is C17H28N2O. The van der Waals surface area contributed by atoms with E-state index in [2.05, 4.69) is 48.5 Å². The molecule has 3 nitrogen and oxygen atoms in total. The van der Waals surface area contributed by atoms with Crippen molar-refractivity contribution in [2.24, 2.45) is 0 Å². The van der Waals surface area contributed by atoms with Crippen molar-refractivity contribution in [1.29, 1.82) is 0 Å². The van der Waals surface area contributed by atoms with Gasteiger partial charge in [-0.1, -0.05) is 37.6 Å². The van der Waals surface area contributed by atoms with Crippen LogP contribution in [0.3, 0.4) is 0 Å². The van der Waals surface area contributed by atoms with Crippen LogP contribution in [0, 0.1) is 0 Å². The Hall–Kier alpha value is -0.900. The Bertz CT molecular complexity index is 377. The minimum atomic E-state index is 0.608. The van der Waals surface area contributed by atoms with Crippen molar-refractivity contribution < 1.29 is 4.74 Å². The van der Waals surface area contributed by atoms with Gasteiger partial charge in [-0.3, -0.25) is 0 Å². The van der Waals surface area contributed by atoms with Gasteiger partial charge in [0.1, 0.15) is 0 Å². The van der Waals surface area contributed by atoms with Crippen molar-refractivity contribution in [1.82, 2.24) is 10.2 Å². The van der Waals surface area contributed by atoms with Gasteiger partial charge in [-0.2, -0.15) is 0 Å². The molecule has 112 valence electrons. The molecule has 1 aliphatic heterocycles. The molecule has 0 saturated carbocycles. The molecule has 0 radical (unpaired) electrons. The van der Waals surface area contributed by atoms with E-state index in [9.17, 15) is 0 Å². The quantitative estimate of drug-likeness (QED) is 0.829. The lowest BCUT2D eigenvalue weighted by Crippen LogP contribution is -2.39. The zero-order valence-corrected chi connectivity index (χ0v) is 12.9. The Morgan fingerprint density at radius 1 is 1.20 bits per heavy atom. The summed E-state index contributed by atoms with van der Waals surface area (Å²) < 4.78 is 5.89. The number of piperidine rings is 1. The molecule has 0 aliphatic carbocycles. The molecule has 1 heterocycles. The maximum absolute atomic E-state index is 5.89. The molecule has 1 aliphatic rings. The van der Waals surface area contributed by atoms with Crippen LogP contribution in [0.1, 0.15) is 37.3 Å². The van der Waals surface area contributed by atoms with Gasteiger partial charge in [-0.05, 0) is 44.1 Å². The third-order valence-corrected chi connectivity index (χ3v) is 4.10. The molecule has 1 fully saturated rings. The predicted octanol–water partition coefficient (Wildman–Crippen LogP) is 2.80. The Morgan fingerprint density at radius 3 is 2.65 bits per heavy atom. The summed E-state index contributed by atoms with van der Waals surface area (Å²) in [5.74, 6) is 0. The Morgan fingerprint density at radius 2 is 1.95 bits per heavy atom. The first-order valence-electron chi connectivity index (χ1n) is 7.86. The van der Waals surface area contributed by atoms with Gasteiger partial charge in [0.2, 0.25) is 0 Å². The van der Waals surface area contributed by atoms with Crippen LogP contribution in [-0.4, -0.2) is 37.7 Å². The zero-order valence-electron chi connectivity index (χ0n) is 12.9. The van der Waals surface area contributed by atoms with Crippen LogP contribution < -0.4 is 5.32 Å². The second-order valence-electron chi connectivity index (χ2n) is 5.74. The third kappa shape index (κ3) is 4.89. The number of hydrogen-bond acceptors (Lipinski definition) is 3. The maximum atomic E-state index is 5.89. The Kier molecular flexibility index (Phi) is 6.51. The predicted molar refractivity (Wildman–Crippen MR) is 83.7 cm³/mol. The van der Waals surface area contributed by atoms with Crippen LogP contribution in [0.15, 0.2) is 24.3 Å². The van der Waals surface area contributed by atoms with E-state index in [0.29, 0.717) is 6.04 Å². The summed E-state index contributed by atoms with van der Waals surface area (Å²) in [5.41, 5.74) is 2.60. The fourth-order valence-electron chi connectivity index (χ4n) is 2.69. The standard InChI is InChI=1S/C17H28N2O/c1-3-18-12-15-7-9-16(10-8-15)13-20-14-17-6-4-5-11-19(17)2/h7-10,17-18H,3-6,11-14H2,1-2H3. The molecule has 0 bridgehead atoms. The van der Waals surface area contributed by atoms with Gasteiger partial charge in [0.25, 0.3) is 0 Å². The number of nitrogens with zero attached hydrogens (tertiary/aromatic N) is 1. The monoisotopic (exact) mass is 276 g/mol. The summed E-state index contributed by atoms with van der Waals surface area (Å²) in [6.45, 7) is 6.89. The number of likely N-dealkylation sites (N-methyl/N-ethyl adjacent to an activating group) is 1. The van der Waals surface area contributed by atoms with Crippen LogP contribution in [0.2, 0.25) is 0 Å². The molecule has 1 unspecified atom stereocenters. The number of likely N-dealkylation sites (tertiary alicyclic amines) is 1. The molecule has 1 aromatic carbocycles. The Balaban J connectivity index is 1.70. The van der Waals surface area contributed by atoms with E-state index in [1.807, 2.05) is 0 Å². The SMILES string of the molecule is CCNCc1ccc(COCC2CCCCN2C)cc1. The smallest absolute Gasteiger partial charge is 0.0717 e. The first-order chi connectivity index (χ1) is 9.79. The summed E-state index contributed by atoms with van der Waals surface area (Å²) in [4.78, 5) is 2.43. The summed E-state index contributed by atoms with van der Waals surface area (Å²) in [5, 5.41) is 3.34. The molecular weight excluding hydrogens is 248 g/mol. The van der Waals surface area contributed by atoms with Gasteiger partial charge in [0, 0.05) is 12.6 Å². The molecule has 0 amide bonds. The highest BCUT2D eigenvalue weighted by Gasteiger charge is 2.18. The molecule has 1 N–H and O–H groups in total. The second-order valence-corrected chi connectivity index (χ2v) is 5.74. The van der Waals surface area contributed by atoms with E-state index < -0.39 is 0 Å². The lowest BCUT2D eigenvalue weighted by Gasteiger charge is -2.32. The average Bonchev–Trinajstić information content (AvgIpc) is 2.48. The highest BCUT2D eigenvalue weighted by molar-refractivity contribution is 5.21. The molecule has 20 heavy (non-hydrogen) atoms. The molecule has 1 aromatic rings. The van der Waals surface area contributed by atoms with E-state index >= 15 is 0 Å². The number of hydrogen-bond donors (Lipinski definition) is 1. The fraction of sp³-hybridized carbons (Fsp3) is 0.647. The van der Waals surface area contributed by atoms with E-state index in [-0.39, 0.29) is 0 Å². The first-order valence-corrected chi connectivity index (χ1v) is 7.86. The highest BCUT2D eigenvalue weighted by Crippen LogP contribution is 2.15. The summed E-state index contributed by atoms with van der Waals surface area (Å²) in [6, 6.07) is 9.34. The van der Waals surface area contributed by atoms with Gasteiger partial charge < -0.3 is 15.0 Å². The van der Waals surface area contributed by atoms with E-state index in [1.54, 1.807) is 0 Å². The van der Waals surface area contributed by atoms with Gasteiger partial charge in [-0.25, -0.2) is 0 Å². The molecule has 3 heteroatoms. The van der Waals surface area contributed by atoms with Gasteiger partial charge in [0.15, 0.2) is 0 Å². The highest BCUT2D eigenvalue weighted by atomic mass is 16.5. The minimum absolute atomic E-state index is 0.608. The van der Waals surface area contributed by atoms with Crippen molar-refractivity contribution in [2.75, 3.05) is 26.7 Å². The topological polar surface area (TPSA) is 24.5 Å². The van der Waals surface area contributed by atoms with Crippen LogP contribution in [0.5, 0.6) is 0 Å². The largest absolute Gasteiger partial charge is 0.375 e. The van der Waals surface area contributed by atoms with E-state index in [1.165, 1.54) is 36.9 Å². The fourth-order valence-corrected chi connectivity index (χ4v) is 2.69. The van der Waals surface area contributed by atoms with Crippen LogP contribution in [0.4, 0.5) is 0 Å². The summed E-state index contributed by atoms with van der Waals surface area (Å²) >= 11 is 0. The van der Waals surface area contributed by atoms with Crippen molar-refractivity contribution in [3.8, 4) is 0 Å². The second kappa shape index (κ2) is 8.40. The van der Waals surface area contributed by atoms with E-state index in [0.717, 1.165) is 26.3 Å².